The molecule has 2 N–H and O–H groups in total. The average molecular weight is 378 g/mol. The average Bonchev–Trinajstić information content (AvgIpc) is 2.73. The molecule has 1 aliphatic rings. The van der Waals surface area contributed by atoms with Crippen molar-refractivity contribution in [3.63, 3.8) is 0 Å². The highest BCUT2D eigenvalue weighted by molar-refractivity contribution is 6.04. The standard InChI is InChI=1S/C20H22N6O2/c1-25-8-10-26(11-9-25)17-7-6-14(12-21-17)13-22-20(28)18-15-4-2-3-5-16(15)19(27)24-23-18/h2-7,12H,8-11,13H2,1H3,(H,22,28)(H,24,27). The molecule has 8 nitrogen and oxygen atoms in total. The van der Waals surface area contributed by atoms with Crippen molar-refractivity contribution in [2.24, 2.45) is 0 Å². The predicted molar refractivity (Wildman–Crippen MR) is 107 cm³/mol. The zero-order valence-electron chi connectivity index (χ0n) is 15.7. The number of carbonyl (C=O) groups excluding carboxylic acids is 1. The molecule has 8 heteroatoms. The maximum Gasteiger partial charge on any atom is 0.272 e. The highest BCUT2D eigenvalue weighted by Crippen LogP contribution is 2.15. The number of aromatic nitrogens is 3. The summed E-state index contributed by atoms with van der Waals surface area (Å²) in [5, 5.41) is 10.1. The lowest BCUT2D eigenvalue weighted by Gasteiger charge is -2.33. The van der Waals surface area contributed by atoms with E-state index in [1.54, 1.807) is 30.5 Å². The number of nitrogens with zero attached hydrogens (tertiary/aromatic N) is 4. The first-order valence-electron chi connectivity index (χ1n) is 9.26. The molecular weight excluding hydrogens is 356 g/mol. The molecule has 3 aromatic rings. The van der Waals surface area contributed by atoms with E-state index < -0.39 is 0 Å². The van der Waals surface area contributed by atoms with Crippen LogP contribution < -0.4 is 15.8 Å². The van der Waals surface area contributed by atoms with Gasteiger partial charge >= 0.3 is 0 Å². The molecule has 3 heterocycles. The van der Waals surface area contributed by atoms with Crippen molar-refractivity contribution in [2.45, 2.75) is 6.54 Å². The largest absolute Gasteiger partial charge is 0.354 e. The van der Waals surface area contributed by atoms with E-state index in [1.807, 2.05) is 12.1 Å². The van der Waals surface area contributed by atoms with Gasteiger partial charge in [-0.1, -0.05) is 24.3 Å². The van der Waals surface area contributed by atoms with Crippen LogP contribution in [-0.4, -0.2) is 59.2 Å². The molecular formula is C20H22N6O2. The molecule has 0 spiro atoms. The van der Waals surface area contributed by atoms with E-state index in [0.29, 0.717) is 17.3 Å². The molecule has 0 aliphatic carbocycles. The normalized spacial score (nSPS) is 15.0. The molecule has 1 aromatic carbocycles. The van der Waals surface area contributed by atoms with Crippen LogP contribution in [0.25, 0.3) is 10.8 Å². The summed E-state index contributed by atoms with van der Waals surface area (Å²) in [6.07, 6.45) is 1.78. The molecule has 0 saturated carbocycles. The molecule has 0 bridgehead atoms. The van der Waals surface area contributed by atoms with Crippen molar-refractivity contribution in [3.8, 4) is 0 Å². The molecule has 28 heavy (non-hydrogen) atoms. The Bertz CT molecular complexity index is 1040. The molecule has 0 atom stereocenters. The van der Waals surface area contributed by atoms with Crippen molar-refractivity contribution in [3.05, 3.63) is 64.2 Å². The number of hydrogen-bond acceptors (Lipinski definition) is 6. The monoisotopic (exact) mass is 378 g/mol. The summed E-state index contributed by atoms with van der Waals surface area (Å²) in [6, 6.07) is 10.9. The number of benzene rings is 1. The fourth-order valence-electron chi connectivity index (χ4n) is 3.30. The number of H-pyrrole nitrogens is 1. The van der Waals surface area contributed by atoms with Gasteiger partial charge < -0.3 is 15.1 Å². The van der Waals surface area contributed by atoms with Crippen LogP contribution in [0.2, 0.25) is 0 Å². The van der Waals surface area contributed by atoms with Crippen LogP contribution in [0.5, 0.6) is 0 Å². The number of fused-ring (bicyclic) bond motifs is 1. The van der Waals surface area contributed by atoms with Crippen LogP contribution in [0.1, 0.15) is 16.1 Å². The van der Waals surface area contributed by atoms with Gasteiger partial charge in [-0.2, -0.15) is 5.10 Å². The number of hydrogen-bond donors (Lipinski definition) is 2. The van der Waals surface area contributed by atoms with Crippen LogP contribution in [0.15, 0.2) is 47.4 Å². The van der Waals surface area contributed by atoms with Gasteiger partial charge in [0.25, 0.3) is 11.5 Å². The Morgan fingerprint density at radius 3 is 2.57 bits per heavy atom. The van der Waals surface area contributed by atoms with E-state index in [9.17, 15) is 9.59 Å². The fourth-order valence-corrected chi connectivity index (χ4v) is 3.30. The van der Waals surface area contributed by atoms with Gasteiger partial charge in [-0.25, -0.2) is 10.1 Å². The van der Waals surface area contributed by atoms with Gasteiger partial charge in [0.15, 0.2) is 5.69 Å². The molecule has 1 amide bonds. The number of anilines is 1. The van der Waals surface area contributed by atoms with Crippen molar-refractivity contribution in [1.29, 1.82) is 0 Å². The first kappa shape index (κ1) is 18.1. The molecule has 1 aliphatic heterocycles. The number of carbonyl (C=O) groups is 1. The number of aromatic amines is 1. The third-order valence-corrected chi connectivity index (χ3v) is 5.00. The summed E-state index contributed by atoms with van der Waals surface area (Å²) in [5.74, 6) is 0.618. The van der Waals surface area contributed by atoms with E-state index in [2.05, 4.69) is 37.3 Å². The minimum absolute atomic E-state index is 0.206. The first-order valence-corrected chi connectivity index (χ1v) is 9.26. The van der Waals surface area contributed by atoms with Crippen molar-refractivity contribution < 1.29 is 4.79 Å². The van der Waals surface area contributed by atoms with Crippen molar-refractivity contribution in [2.75, 3.05) is 38.1 Å². The molecule has 144 valence electrons. The number of piperazine rings is 1. The van der Waals surface area contributed by atoms with E-state index in [4.69, 9.17) is 0 Å². The van der Waals surface area contributed by atoms with Gasteiger partial charge in [-0.05, 0) is 24.7 Å². The molecule has 2 aromatic heterocycles. The van der Waals surface area contributed by atoms with Gasteiger partial charge in [0.05, 0.1) is 5.39 Å². The smallest absolute Gasteiger partial charge is 0.272 e. The number of likely N-dealkylation sites (N-methyl/N-ethyl adjacent to an activating group) is 1. The quantitative estimate of drug-likeness (QED) is 0.703. The maximum absolute atomic E-state index is 12.6. The van der Waals surface area contributed by atoms with Gasteiger partial charge in [0, 0.05) is 44.3 Å². The van der Waals surface area contributed by atoms with Crippen LogP contribution in [0.4, 0.5) is 5.82 Å². The maximum atomic E-state index is 12.6. The van der Waals surface area contributed by atoms with Crippen LogP contribution in [0.3, 0.4) is 0 Å². The number of pyridine rings is 1. The van der Waals surface area contributed by atoms with Gasteiger partial charge in [0.1, 0.15) is 5.82 Å². The van der Waals surface area contributed by atoms with Crippen LogP contribution in [0, 0.1) is 0 Å². The summed E-state index contributed by atoms with van der Waals surface area (Å²) in [5.41, 5.74) is 0.799. The summed E-state index contributed by atoms with van der Waals surface area (Å²) in [4.78, 5) is 33.5. The molecule has 0 unspecified atom stereocenters. The molecule has 1 saturated heterocycles. The summed E-state index contributed by atoms with van der Waals surface area (Å²) in [7, 11) is 2.12. The minimum atomic E-state index is -0.337. The number of amides is 1. The topological polar surface area (TPSA) is 94.2 Å². The second-order valence-electron chi connectivity index (χ2n) is 6.94. The van der Waals surface area contributed by atoms with E-state index in [-0.39, 0.29) is 17.2 Å². The molecule has 4 rings (SSSR count). The lowest BCUT2D eigenvalue weighted by Crippen LogP contribution is -2.44. The van der Waals surface area contributed by atoms with E-state index >= 15 is 0 Å². The summed E-state index contributed by atoms with van der Waals surface area (Å²) in [6.45, 7) is 4.32. The second-order valence-corrected chi connectivity index (χ2v) is 6.94. The Morgan fingerprint density at radius 2 is 1.86 bits per heavy atom. The first-order chi connectivity index (χ1) is 13.6. The third-order valence-electron chi connectivity index (χ3n) is 5.00. The predicted octanol–water partition coefficient (Wildman–Crippen LogP) is 1.000. The second kappa shape index (κ2) is 7.77. The van der Waals surface area contributed by atoms with E-state index in [0.717, 1.165) is 37.6 Å². The van der Waals surface area contributed by atoms with Gasteiger partial charge in [0.2, 0.25) is 0 Å². The van der Waals surface area contributed by atoms with E-state index in [1.165, 1.54) is 0 Å². The Morgan fingerprint density at radius 1 is 1.11 bits per heavy atom. The Labute approximate surface area is 162 Å². The Balaban J connectivity index is 1.43. The number of nitrogens with one attached hydrogen (secondary N) is 2. The molecule has 0 radical (unpaired) electrons. The highest BCUT2D eigenvalue weighted by atomic mass is 16.2. The minimum Gasteiger partial charge on any atom is -0.354 e. The lowest BCUT2D eigenvalue weighted by molar-refractivity contribution is 0.0946. The highest BCUT2D eigenvalue weighted by Gasteiger charge is 2.16. The van der Waals surface area contributed by atoms with Crippen molar-refractivity contribution in [1.82, 2.24) is 25.4 Å². The third kappa shape index (κ3) is 3.72. The number of rotatable bonds is 4. The van der Waals surface area contributed by atoms with Crippen LogP contribution >= 0.6 is 0 Å². The van der Waals surface area contributed by atoms with Gasteiger partial charge in [-0.15, -0.1) is 0 Å². The zero-order valence-corrected chi connectivity index (χ0v) is 15.7. The van der Waals surface area contributed by atoms with Crippen LogP contribution in [-0.2, 0) is 6.54 Å². The SMILES string of the molecule is CN1CCN(c2ccc(CNC(=O)c3n[nH]c(=O)c4ccccc34)cn2)CC1. The Hall–Kier alpha value is -3.26. The lowest BCUT2D eigenvalue weighted by atomic mass is 10.1. The zero-order chi connectivity index (χ0) is 19.5. The summed E-state index contributed by atoms with van der Waals surface area (Å²) < 4.78 is 0. The summed E-state index contributed by atoms with van der Waals surface area (Å²) >= 11 is 0. The Kier molecular flexibility index (Phi) is 5.03. The van der Waals surface area contributed by atoms with Gasteiger partial charge in [-0.3, -0.25) is 9.59 Å². The molecule has 1 fully saturated rings. The fraction of sp³-hybridized carbons (Fsp3) is 0.300. The van der Waals surface area contributed by atoms with Crippen molar-refractivity contribution >= 4 is 22.5 Å².